The van der Waals surface area contributed by atoms with Gasteiger partial charge in [-0.25, -0.2) is 4.98 Å². The van der Waals surface area contributed by atoms with Gasteiger partial charge in [0.2, 0.25) is 0 Å². The van der Waals surface area contributed by atoms with Crippen LogP contribution in [0.25, 0.3) is 11.3 Å². The van der Waals surface area contributed by atoms with Gasteiger partial charge in [0, 0.05) is 24.5 Å². The smallest absolute Gasteiger partial charge is 0.179 e. The zero-order valence-corrected chi connectivity index (χ0v) is 13.5. The maximum Gasteiger partial charge on any atom is 0.179 e. The first-order chi connectivity index (χ1) is 12.3. The van der Waals surface area contributed by atoms with Gasteiger partial charge in [-0.1, -0.05) is 0 Å². The molecule has 4 rings (SSSR count). The molecule has 0 amide bonds. The Morgan fingerprint density at radius 1 is 1.16 bits per heavy atom. The fourth-order valence-corrected chi connectivity index (χ4v) is 3.42. The minimum atomic E-state index is 0.0452. The van der Waals surface area contributed by atoms with E-state index >= 15 is 0 Å². The Morgan fingerprint density at radius 2 is 2.08 bits per heavy atom. The minimum absolute atomic E-state index is 0.0452. The van der Waals surface area contributed by atoms with E-state index in [1.165, 1.54) is 0 Å². The molecular formula is C18H16N6O. The summed E-state index contributed by atoms with van der Waals surface area (Å²) in [6, 6.07) is 9.63. The quantitative estimate of drug-likeness (QED) is 0.768. The number of ether oxygens (including phenoxy) is 1. The number of nitrogens with zero attached hydrogens (tertiary/aromatic N) is 6. The van der Waals surface area contributed by atoms with Gasteiger partial charge in [-0.2, -0.15) is 10.5 Å². The molecule has 2 saturated heterocycles. The second-order valence-corrected chi connectivity index (χ2v) is 6.12. The first-order valence-corrected chi connectivity index (χ1v) is 8.14. The summed E-state index contributed by atoms with van der Waals surface area (Å²) in [7, 11) is 0. The molecule has 7 heteroatoms. The van der Waals surface area contributed by atoms with Crippen molar-refractivity contribution in [1.29, 1.82) is 10.5 Å². The molecule has 2 aromatic heterocycles. The van der Waals surface area contributed by atoms with Crippen molar-refractivity contribution in [3.05, 3.63) is 42.2 Å². The highest BCUT2D eigenvalue weighted by Crippen LogP contribution is 2.27. The van der Waals surface area contributed by atoms with Crippen LogP contribution in [0.15, 0.2) is 36.7 Å². The molecule has 0 bridgehead atoms. The fraction of sp³-hybridized carbons (Fsp3) is 0.333. The molecule has 0 spiro atoms. The molecule has 7 nitrogen and oxygen atoms in total. The van der Waals surface area contributed by atoms with Crippen molar-refractivity contribution in [1.82, 2.24) is 14.9 Å². The Hall–Kier alpha value is -3.16. The van der Waals surface area contributed by atoms with Gasteiger partial charge in [-0.05, 0) is 24.3 Å². The number of nitriles is 2. The van der Waals surface area contributed by atoms with E-state index in [9.17, 15) is 0 Å². The van der Waals surface area contributed by atoms with Gasteiger partial charge in [-0.15, -0.1) is 0 Å². The maximum absolute atomic E-state index is 9.13. The van der Waals surface area contributed by atoms with E-state index < -0.39 is 0 Å². The molecular weight excluding hydrogens is 316 g/mol. The topological polar surface area (TPSA) is 89.1 Å². The first kappa shape index (κ1) is 15.4. The van der Waals surface area contributed by atoms with Crippen molar-refractivity contribution < 1.29 is 4.74 Å². The van der Waals surface area contributed by atoms with Gasteiger partial charge in [0.05, 0.1) is 49.2 Å². The van der Waals surface area contributed by atoms with Crippen molar-refractivity contribution >= 4 is 5.82 Å². The van der Waals surface area contributed by atoms with Crippen LogP contribution in [-0.2, 0) is 4.74 Å². The fourth-order valence-electron chi connectivity index (χ4n) is 3.42. The van der Waals surface area contributed by atoms with Gasteiger partial charge in [0.1, 0.15) is 5.82 Å². The van der Waals surface area contributed by atoms with Crippen molar-refractivity contribution in [3.63, 3.8) is 0 Å². The van der Waals surface area contributed by atoms with E-state index in [4.69, 9.17) is 15.3 Å². The zero-order chi connectivity index (χ0) is 17.2. The third-order valence-corrected chi connectivity index (χ3v) is 4.67. The Morgan fingerprint density at radius 3 is 2.84 bits per heavy atom. The normalized spacial score (nSPS) is 22.2. The monoisotopic (exact) mass is 332 g/mol. The van der Waals surface area contributed by atoms with E-state index in [0.29, 0.717) is 25.3 Å². The summed E-state index contributed by atoms with van der Waals surface area (Å²) in [6.07, 6.45) is 5.66. The number of fused-ring (bicyclic) bond motifs is 1. The summed E-state index contributed by atoms with van der Waals surface area (Å²) in [5.74, 6) is 0.873. The zero-order valence-electron chi connectivity index (χ0n) is 13.5. The lowest BCUT2D eigenvalue weighted by Gasteiger charge is -2.37. The SMILES string of the molecule is N#Cc1ccnc(-c2ccc(N3CCO[C@H]4CN(C#N)C[C@H]43)nc2)c1. The van der Waals surface area contributed by atoms with Crippen LogP contribution < -0.4 is 4.90 Å². The van der Waals surface area contributed by atoms with E-state index in [-0.39, 0.29) is 12.1 Å². The summed E-state index contributed by atoms with van der Waals surface area (Å²) >= 11 is 0. The van der Waals surface area contributed by atoms with Crippen molar-refractivity contribution in [2.45, 2.75) is 12.1 Å². The van der Waals surface area contributed by atoms with Gasteiger partial charge in [0.15, 0.2) is 6.19 Å². The highest BCUT2D eigenvalue weighted by molar-refractivity contribution is 5.61. The Labute approximate surface area is 145 Å². The number of pyridine rings is 2. The second kappa shape index (κ2) is 6.39. The maximum atomic E-state index is 9.13. The van der Waals surface area contributed by atoms with Gasteiger partial charge in [-0.3, -0.25) is 4.98 Å². The Kier molecular flexibility index (Phi) is 3.93. The number of hydrogen-bond acceptors (Lipinski definition) is 7. The minimum Gasteiger partial charge on any atom is -0.372 e. The summed E-state index contributed by atoms with van der Waals surface area (Å²) in [5.41, 5.74) is 2.18. The molecule has 0 radical (unpaired) electrons. The van der Waals surface area contributed by atoms with Crippen molar-refractivity contribution in [2.24, 2.45) is 0 Å². The van der Waals surface area contributed by atoms with E-state index in [1.54, 1.807) is 29.4 Å². The van der Waals surface area contributed by atoms with Gasteiger partial charge >= 0.3 is 0 Å². The van der Waals surface area contributed by atoms with Crippen LogP contribution in [0.5, 0.6) is 0 Å². The van der Waals surface area contributed by atoms with Crippen LogP contribution in [0.1, 0.15) is 5.56 Å². The van der Waals surface area contributed by atoms with E-state index in [2.05, 4.69) is 27.1 Å². The summed E-state index contributed by atoms with van der Waals surface area (Å²) < 4.78 is 5.80. The number of hydrogen-bond donors (Lipinski definition) is 0. The average Bonchev–Trinajstić information content (AvgIpc) is 3.11. The third kappa shape index (κ3) is 2.86. The predicted molar refractivity (Wildman–Crippen MR) is 90.2 cm³/mol. The summed E-state index contributed by atoms with van der Waals surface area (Å²) in [4.78, 5) is 12.9. The molecule has 0 N–H and O–H groups in total. The molecule has 124 valence electrons. The number of likely N-dealkylation sites (tertiary alicyclic amines) is 1. The largest absolute Gasteiger partial charge is 0.372 e. The molecule has 0 unspecified atom stereocenters. The molecule has 0 aliphatic carbocycles. The van der Waals surface area contributed by atoms with Crippen LogP contribution >= 0.6 is 0 Å². The van der Waals surface area contributed by atoms with Gasteiger partial charge in [0.25, 0.3) is 0 Å². The molecule has 4 heterocycles. The Balaban J connectivity index is 1.58. The van der Waals surface area contributed by atoms with Crippen LogP contribution in [0.2, 0.25) is 0 Å². The first-order valence-electron chi connectivity index (χ1n) is 8.14. The number of morpholine rings is 1. The predicted octanol–water partition coefficient (Wildman–Crippen LogP) is 1.39. The number of aromatic nitrogens is 2. The lowest BCUT2D eigenvalue weighted by molar-refractivity contribution is 0.0323. The second-order valence-electron chi connectivity index (χ2n) is 6.12. The standard InChI is InChI=1S/C18H16N6O/c19-8-13-3-4-21-15(7-13)14-1-2-18(22-9-14)24-5-6-25-17-11-23(12-20)10-16(17)24/h1-4,7,9,16-17H,5-6,10-11H2/t16-,17+/m1/s1. The molecule has 2 aromatic rings. The van der Waals surface area contributed by atoms with E-state index in [0.717, 1.165) is 23.6 Å². The van der Waals surface area contributed by atoms with E-state index in [1.807, 2.05) is 12.1 Å². The molecule has 0 aromatic carbocycles. The van der Waals surface area contributed by atoms with Crippen LogP contribution in [0.4, 0.5) is 5.82 Å². The van der Waals surface area contributed by atoms with Gasteiger partial charge < -0.3 is 14.5 Å². The van der Waals surface area contributed by atoms with Crippen LogP contribution in [0.3, 0.4) is 0 Å². The number of anilines is 1. The van der Waals surface area contributed by atoms with Crippen molar-refractivity contribution in [2.75, 3.05) is 31.1 Å². The molecule has 2 atom stereocenters. The Bertz CT molecular complexity index is 853. The lowest BCUT2D eigenvalue weighted by atomic mass is 10.1. The molecule has 2 aliphatic heterocycles. The highest BCUT2D eigenvalue weighted by Gasteiger charge is 2.40. The highest BCUT2D eigenvalue weighted by atomic mass is 16.5. The molecule has 25 heavy (non-hydrogen) atoms. The summed E-state index contributed by atoms with van der Waals surface area (Å²) in [5, 5.41) is 18.1. The summed E-state index contributed by atoms with van der Waals surface area (Å²) in [6.45, 7) is 2.70. The molecule has 2 fully saturated rings. The van der Waals surface area contributed by atoms with Crippen molar-refractivity contribution in [3.8, 4) is 23.5 Å². The van der Waals surface area contributed by atoms with Crippen LogP contribution in [0, 0.1) is 22.8 Å². The lowest BCUT2D eigenvalue weighted by Crippen LogP contribution is -2.51. The average molecular weight is 332 g/mol. The molecule has 2 aliphatic rings. The third-order valence-electron chi connectivity index (χ3n) is 4.67. The molecule has 0 saturated carbocycles. The number of rotatable bonds is 2. The van der Waals surface area contributed by atoms with Crippen LogP contribution in [-0.4, -0.2) is 53.3 Å².